The Morgan fingerprint density at radius 3 is 2.65 bits per heavy atom. The van der Waals surface area contributed by atoms with Gasteiger partial charge in [0.15, 0.2) is 5.60 Å². The van der Waals surface area contributed by atoms with Crippen LogP contribution in [0.1, 0.15) is 31.2 Å². The molecule has 140 valence electrons. The fraction of sp³-hybridized carbons (Fsp3) is 0.474. The average molecular weight is 377 g/mol. The van der Waals surface area contributed by atoms with Gasteiger partial charge in [-0.2, -0.15) is 5.10 Å². The molecule has 0 spiro atoms. The van der Waals surface area contributed by atoms with Crippen molar-refractivity contribution >= 4 is 17.5 Å². The number of carbonyl (C=O) groups excluding carboxylic acids is 1. The molecule has 0 saturated carbocycles. The van der Waals surface area contributed by atoms with Crippen molar-refractivity contribution in [2.45, 2.75) is 44.8 Å². The Balaban J connectivity index is 1.69. The minimum atomic E-state index is -0.866. The second-order valence-electron chi connectivity index (χ2n) is 6.92. The van der Waals surface area contributed by atoms with Crippen LogP contribution in [-0.2, 0) is 11.2 Å². The summed E-state index contributed by atoms with van der Waals surface area (Å²) in [5.74, 6) is 0.579. The first-order chi connectivity index (χ1) is 12.5. The smallest absolute Gasteiger partial charge is 0.264 e. The van der Waals surface area contributed by atoms with E-state index in [1.54, 1.807) is 24.3 Å². The van der Waals surface area contributed by atoms with Crippen molar-refractivity contribution in [3.8, 4) is 5.75 Å². The summed E-state index contributed by atoms with van der Waals surface area (Å²) >= 11 is 5.95. The number of nitrogens with zero attached hydrogens (tertiary/aromatic N) is 1. The Bertz CT molecular complexity index is 738. The van der Waals surface area contributed by atoms with Crippen molar-refractivity contribution in [2.75, 3.05) is 13.1 Å². The summed E-state index contributed by atoms with van der Waals surface area (Å²) in [4.78, 5) is 13.1. The molecular formula is C19H25ClN4O2. The zero-order valence-corrected chi connectivity index (χ0v) is 15.9. The van der Waals surface area contributed by atoms with Gasteiger partial charge in [0.2, 0.25) is 0 Å². The monoisotopic (exact) mass is 376 g/mol. The normalized spacial score (nSPS) is 17.5. The van der Waals surface area contributed by atoms with Crippen molar-refractivity contribution in [1.82, 2.24) is 20.8 Å². The van der Waals surface area contributed by atoms with E-state index in [2.05, 4.69) is 20.8 Å². The number of halogens is 1. The Morgan fingerprint density at radius 1 is 1.35 bits per heavy atom. The molecule has 26 heavy (non-hydrogen) atoms. The Hall–Kier alpha value is -2.05. The highest BCUT2D eigenvalue weighted by Gasteiger charge is 2.42. The number of carbonyl (C=O) groups is 1. The second-order valence-corrected chi connectivity index (χ2v) is 7.36. The van der Waals surface area contributed by atoms with Crippen LogP contribution in [0.3, 0.4) is 0 Å². The molecule has 3 N–H and O–H groups in total. The number of aromatic amines is 1. The predicted molar refractivity (Wildman–Crippen MR) is 102 cm³/mol. The van der Waals surface area contributed by atoms with Crippen LogP contribution in [0.5, 0.6) is 5.75 Å². The van der Waals surface area contributed by atoms with E-state index >= 15 is 0 Å². The first-order valence-electron chi connectivity index (χ1n) is 8.94. The quantitative estimate of drug-likeness (QED) is 0.724. The van der Waals surface area contributed by atoms with E-state index in [-0.39, 0.29) is 11.9 Å². The molecule has 0 bridgehead atoms. The molecule has 1 aliphatic heterocycles. The Labute approximate surface area is 158 Å². The maximum absolute atomic E-state index is 13.1. The molecule has 7 heteroatoms. The Kier molecular flexibility index (Phi) is 5.84. The van der Waals surface area contributed by atoms with E-state index in [9.17, 15) is 4.79 Å². The number of nitrogens with one attached hydrogen (secondary N) is 3. The number of hydrogen-bond acceptors (Lipinski definition) is 4. The third-order valence-corrected chi connectivity index (χ3v) is 4.86. The third-order valence-electron chi connectivity index (χ3n) is 4.60. The number of rotatable bonds is 6. The number of piperidine rings is 1. The second kappa shape index (κ2) is 8.10. The first kappa shape index (κ1) is 18.7. The van der Waals surface area contributed by atoms with Gasteiger partial charge in [-0.1, -0.05) is 11.6 Å². The van der Waals surface area contributed by atoms with E-state index in [0.717, 1.165) is 24.5 Å². The standard InChI is InChI=1S/C19H25ClN4O2/c1-13(11-16-12-14(2)23-24-16)22-18(25)19(7-9-21-10-8-19)26-17-5-3-15(20)4-6-17/h3-6,12-13,21H,7-11H2,1-2H3,(H,22,25)(H,23,24)/t13-/m0/s1. The molecule has 0 unspecified atom stereocenters. The molecule has 1 saturated heterocycles. The lowest BCUT2D eigenvalue weighted by Crippen LogP contribution is -2.58. The molecule has 1 atom stereocenters. The minimum Gasteiger partial charge on any atom is -0.477 e. The summed E-state index contributed by atoms with van der Waals surface area (Å²) in [5.41, 5.74) is 1.09. The van der Waals surface area contributed by atoms with Crippen LogP contribution in [0.25, 0.3) is 0 Å². The van der Waals surface area contributed by atoms with Crippen LogP contribution in [0.15, 0.2) is 30.3 Å². The number of hydrogen-bond donors (Lipinski definition) is 3. The van der Waals surface area contributed by atoms with Gasteiger partial charge in [0, 0.05) is 36.0 Å². The molecule has 2 heterocycles. The highest BCUT2D eigenvalue weighted by molar-refractivity contribution is 6.30. The summed E-state index contributed by atoms with van der Waals surface area (Å²) < 4.78 is 6.18. The summed E-state index contributed by atoms with van der Waals surface area (Å²) in [5, 5.41) is 14.2. The summed E-state index contributed by atoms with van der Waals surface area (Å²) in [7, 11) is 0. The predicted octanol–water partition coefficient (Wildman–Crippen LogP) is 2.62. The highest BCUT2D eigenvalue weighted by atomic mass is 35.5. The molecule has 1 amide bonds. The minimum absolute atomic E-state index is 0.0363. The van der Waals surface area contributed by atoms with Gasteiger partial charge in [-0.3, -0.25) is 9.89 Å². The van der Waals surface area contributed by atoms with E-state index in [1.807, 2.05) is 19.9 Å². The fourth-order valence-electron chi connectivity index (χ4n) is 3.23. The molecule has 2 aromatic rings. The van der Waals surface area contributed by atoms with Crippen LogP contribution >= 0.6 is 11.6 Å². The number of aromatic nitrogens is 2. The lowest BCUT2D eigenvalue weighted by molar-refractivity contribution is -0.139. The van der Waals surface area contributed by atoms with Crippen molar-refractivity contribution in [3.05, 3.63) is 46.7 Å². The van der Waals surface area contributed by atoms with Crippen LogP contribution in [0, 0.1) is 6.92 Å². The zero-order chi connectivity index (χ0) is 18.6. The van der Waals surface area contributed by atoms with Gasteiger partial charge in [0.25, 0.3) is 5.91 Å². The molecule has 1 aromatic carbocycles. The van der Waals surface area contributed by atoms with Gasteiger partial charge < -0.3 is 15.4 Å². The molecule has 3 rings (SSSR count). The lowest BCUT2D eigenvalue weighted by atomic mass is 9.90. The van der Waals surface area contributed by atoms with Crippen molar-refractivity contribution in [2.24, 2.45) is 0 Å². The topological polar surface area (TPSA) is 79.0 Å². The highest BCUT2D eigenvalue weighted by Crippen LogP contribution is 2.28. The van der Waals surface area contributed by atoms with Gasteiger partial charge >= 0.3 is 0 Å². The third kappa shape index (κ3) is 4.56. The van der Waals surface area contributed by atoms with Crippen LogP contribution in [0.2, 0.25) is 5.02 Å². The van der Waals surface area contributed by atoms with Crippen molar-refractivity contribution in [1.29, 1.82) is 0 Å². The van der Waals surface area contributed by atoms with Gasteiger partial charge in [-0.25, -0.2) is 0 Å². The van der Waals surface area contributed by atoms with Crippen LogP contribution in [0.4, 0.5) is 0 Å². The molecule has 1 fully saturated rings. The largest absolute Gasteiger partial charge is 0.477 e. The SMILES string of the molecule is Cc1cc(C[C@H](C)NC(=O)C2(Oc3ccc(Cl)cc3)CCNCC2)n[nH]1. The molecule has 0 radical (unpaired) electrons. The first-order valence-corrected chi connectivity index (χ1v) is 9.32. The molecule has 1 aliphatic rings. The van der Waals surface area contributed by atoms with E-state index in [0.29, 0.717) is 30.0 Å². The number of benzene rings is 1. The average Bonchev–Trinajstić information content (AvgIpc) is 3.02. The fourth-order valence-corrected chi connectivity index (χ4v) is 3.36. The molecule has 1 aromatic heterocycles. The van der Waals surface area contributed by atoms with Gasteiger partial charge in [0.1, 0.15) is 5.75 Å². The number of ether oxygens (including phenoxy) is 1. The summed E-state index contributed by atoms with van der Waals surface area (Å²) in [6.07, 6.45) is 1.91. The lowest BCUT2D eigenvalue weighted by Gasteiger charge is -2.37. The Morgan fingerprint density at radius 2 is 2.04 bits per heavy atom. The number of aryl methyl sites for hydroxylation is 1. The maximum Gasteiger partial charge on any atom is 0.264 e. The van der Waals surface area contributed by atoms with E-state index in [1.165, 1.54) is 0 Å². The number of amides is 1. The molecule has 0 aliphatic carbocycles. The maximum atomic E-state index is 13.1. The summed E-state index contributed by atoms with van der Waals surface area (Å²) in [6, 6.07) is 9.10. The van der Waals surface area contributed by atoms with E-state index < -0.39 is 5.60 Å². The summed E-state index contributed by atoms with van der Waals surface area (Å²) in [6.45, 7) is 5.44. The van der Waals surface area contributed by atoms with Crippen molar-refractivity contribution in [3.63, 3.8) is 0 Å². The van der Waals surface area contributed by atoms with Crippen LogP contribution < -0.4 is 15.4 Å². The van der Waals surface area contributed by atoms with Crippen LogP contribution in [-0.4, -0.2) is 40.8 Å². The van der Waals surface area contributed by atoms with Gasteiger partial charge in [-0.05, 0) is 57.3 Å². The van der Waals surface area contributed by atoms with E-state index in [4.69, 9.17) is 16.3 Å². The molecule has 6 nitrogen and oxygen atoms in total. The van der Waals surface area contributed by atoms with Gasteiger partial charge in [0.05, 0.1) is 5.69 Å². The van der Waals surface area contributed by atoms with Gasteiger partial charge in [-0.15, -0.1) is 0 Å². The van der Waals surface area contributed by atoms with Crippen molar-refractivity contribution < 1.29 is 9.53 Å². The zero-order valence-electron chi connectivity index (χ0n) is 15.1. The number of H-pyrrole nitrogens is 1. The molecular weight excluding hydrogens is 352 g/mol.